The van der Waals surface area contributed by atoms with Crippen molar-refractivity contribution in [3.05, 3.63) is 158 Å². The van der Waals surface area contributed by atoms with Gasteiger partial charge >= 0.3 is 0 Å². The van der Waals surface area contributed by atoms with E-state index >= 15 is 0 Å². The summed E-state index contributed by atoms with van der Waals surface area (Å²) in [5, 5.41) is 1.27. The lowest BCUT2D eigenvalue weighted by Crippen LogP contribution is -2.00. The van der Waals surface area contributed by atoms with Crippen LogP contribution in [0.15, 0.2) is 158 Å². The molecule has 0 aliphatic heterocycles. The summed E-state index contributed by atoms with van der Waals surface area (Å²) in [4.78, 5) is 14.7. The molecule has 4 heteroatoms. The summed E-state index contributed by atoms with van der Waals surface area (Å²) in [5.74, 6) is 1.96. The van der Waals surface area contributed by atoms with Crippen LogP contribution in [0.4, 0.5) is 0 Å². The molecule has 1 aliphatic rings. The summed E-state index contributed by atoms with van der Waals surface area (Å²) < 4.78 is 2.31. The van der Waals surface area contributed by atoms with Crippen molar-refractivity contribution in [2.24, 2.45) is 0 Å². The quantitative estimate of drug-likeness (QED) is 0.210. The van der Waals surface area contributed by atoms with E-state index in [2.05, 4.69) is 102 Å². The van der Waals surface area contributed by atoms with Gasteiger partial charge in [0, 0.05) is 39.5 Å². The van der Waals surface area contributed by atoms with Crippen LogP contribution in [0, 0.1) is 0 Å². The number of aromatic nitrogens is 4. The van der Waals surface area contributed by atoms with Gasteiger partial charge in [-0.2, -0.15) is 0 Å². The van der Waals surface area contributed by atoms with Gasteiger partial charge in [0.1, 0.15) is 0 Å². The number of benzene rings is 6. The van der Waals surface area contributed by atoms with E-state index in [1.54, 1.807) is 0 Å². The topological polar surface area (TPSA) is 43.6 Å². The summed E-state index contributed by atoms with van der Waals surface area (Å²) in [6, 6.07) is 52.8. The highest BCUT2D eigenvalue weighted by molar-refractivity contribution is 6.13. The van der Waals surface area contributed by atoms with E-state index in [1.165, 1.54) is 44.3 Å². The molecule has 0 saturated carbocycles. The largest absolute Gasteiger partial charge is 0.316 e. The van der Waals surface area contributed by atoms with Gasteiger partial charge in [-0.15, -0.1) is 0 Å². The average Bonchev–Trinajstić information content (AvgIpc) is 3.47. The maximum atomic E-state index is 4.92. The maximum absolute atomic E-state index is 4.92. The lowest BCUT2D eigenvalue weighted by atomic mass is 9.94. The van der Waals surface area contributed by atoms with Crippen molar-refractivity contribution >= 4 is 10.9 Å². The van der Waals surface area contributed by atoms with Crippen molar-refractivity contribution in [1.29, 1.82) is 0 Å². The van der Waals surface area contributed by atoms with Gasteiger partial charge in [0.05, 0.1) is 5.52 Å². The van der Waals surface area contributed by atoms with Crippen LogP contribution in [0.5, 0.6) is 0 Å². The number of fused-ring (bicyclic) bond motifs is 5. The van der Waals surface area contributed by atoms with Gasteiger partial charge < -0.3 is 4.57 Å². The normalized spacial score (nSPS) is 11.6. The summed E-state index contributed by atoms with van der Waals surface area (Å²) >= 11 is 0. The molecule has 0 bridgehead atoms. The lowest BCUT2D eigenvalue weighted by molar-refractivity contribution is 1.07. The minimum Gasteiger partial charge on any atom is -0.316 e. The molecule has 0 saturated heterocycles. The molecule has 4 nitrogen and oxygen atoms in total. The fraction of sp³-hybridized carbons (Fsp3) is 0. The number of hydrogen-bond donors (Lipinski definition) is 0. The molecule has 0 spiro atoms. The van der Waals surface area contributed by atoms with E-state index < -0.39 is 0 Å². The van der Waals surface area contributed by atoms with Crippen LogP contribution >= 0.6 is 0 Å². The third-order valence-corrected chi connectivity index (χ3v) is 8.66. The predicted molar refractivity (Wildman–Crippen MR) is 183 cm³/mol. The standard InChI is InChI=1S/C41H26N4/c1-3-12-27(13-4-1)39-42-40(28-14-5-2-6-15-28)44-41(43-39)29-22-24-30(25-23-29)45-26-36-34-19-10-8-17-32(34)31-16-7-9-18-33(31)35-20-11-21-37(45)38(35)36/h1-26H. The summed E-state index contributed by atoms with van der Waals surface area (Å²) in [6.07, 6.45) is 2.29. The molecule has 1 aliphatic carbocycles. The minimum absolute atomic E-state index is 0.648. The lowest BCUT2D eigenvalue weighted by Gasteiger charge is -2.12. The molecule has 0 amide bonds. The fourth-order valence-electron chi connectivity index (χ4n) is 6.54. The molecule has 0 atom stereocenters. The molecule has 0 N–H and O–H groups in total. The van der Waals surface area contributed by atoms with Gasteiger partial charge in [-0.25, -0.2) is 15.0 Å². The molecule has 9 rings (SSSR count). The number of rotatable bonds is 4. The summed E-state index contributed by atoms with van der Waals surface area (Å²) in [5.41, 5.74) is 12.7. The first kappa shape index (κ1) is 25.4. The van der Waals surface area contributed by atoms with E-state index in [0.717, 1.165) is 22.4 Å². The molecule has 0 radical (unpaired) electrons. The SMILES string of the molecule is c1ccc(-c2nc(-c3ccccc3)nc(-c3ccc(-n4cc5c6c(cccc64)-c4ccccc4-c4ccccc4-5)cc3)n2)cc1. The Bertz CT molecular complexity index is 2300. The van der Waals surface area contributed by atoms with Crippen LogP contribution < -0.4 is 0 Å². The summed E-state index contributed by atoms with van der Waals surface area (Å²) in [6.45, 7) is 0. The molecule has 2 aromatic heterocycles. The highest BCUT2D eigenvalue weighted by Crippen LogP contribution is 2.48. The Balaban J connectivity index is 1.19. The van der Waals surface area contributed by atoms with Crippen LogP contribution in [-0.2, 0) is 0 Å². The fourth-order valence-corrected chi connectivity index (χ4v) is 6.54. The van der Waals surface area contributed by atoms with Gasteiger partial charge in [-0.3, -0.25) is 0 Å². The van der Waals surface area contributed by atoms with Gasteiger partial charge in [0.15, 0.2) is 17.5 Å². The highest BCUT2D eigenvalue weighted by Gasteiger charge is 2.23. The Kier molecular flexibility index (Phi) is 5.78. The monoisotopic (exact) mass is 574 g/mol. The van der Waals surface area contributed by atoms with Gasteiger partial charge in [0.2, 0.25) is 0 Å². The molecule has 0 fully saturated rings. The number of hydrogen-bond acceptors (Lipinski definition) is 3. The molecule has 45 heavy (non-hydrogen) atoms. The van der Waals surface area contributed by atoms with Gasteiger partial charge in [0.25, 0.3) is 0 Å². The Morgan fingerprint density at radius 1 is 0.333 bits per heavy atom. The molecule has 8 aromatic rings. The smallest absolute Gasteiger partial charge is 0.164 e. The molecular formula is C41H26N4. The van der Waals surface area contributed by atoms with Crippen LogP contribution in [0.25, 0.3) is 84.1 Å². The van der Waals surface area contributed by atoms with Crippen LogP contribution in [0.1, 0.15) is 0 Å². The third kappa shape index (κ3) is 4.19. The first-order chi connectivity index (χ1) is 22.3. The minimum atomic E-state index is 0.648. The van der Waals surface area contributed by atoms with Crippen molar-refractivity contribution in [2.45, 2.75) is 0 Å². The molecule has 210 valence electrons. The Hall–Kier alpha value is -6.13. The third-order valence-electron chi connectivity index (χ3n) is 8.66. The summed E-state index contributed by atoms with van der Waals surface area (Å²) in [7, 11) is 0. The van der Waals surface area contributed by atoms with Crippen molar-refractivity contribution in [2.75, 3.05) is 0 Å². The second kappa shape index (κ2) is 10.2. The average molecular weight is 575 g/mol. The Labute approximate surface area is 261 Å². The zero-order valence-corrected chi connectivity index (χ0v) is 24.3. The first-order valence-corrected chi connectivity index (χ1v) is 15.1. The van der Waals surface area contributed by atoms with Crippen molar-refractivity contribution < 1.29 is 0 Å². The second-order valence-corrected chi connectivity index (χ2v) is 11.3. The molecular weight excluding hydrogens is 548 g/mol. The molecule has 6 aromatic carbocycles. The van der Waals surface area contributed by atoms with Gasteiger partial charge in [-0.1, -0.05) is 121 Å². The van der Waals surface area contributed by atoms with Crippen LogP contribution in [0.3, 0.4) is 0 Å². The zero-order chi connectivity index (χ0) is 29.7. The molecule has 0 unspecified atom stereocenters. The zero-order valence-electron chi connectivity index (χ0n) is 24.3. The Morgan fingerprint density at radius 2 is 0.756 bits per heavy atom. The number of nitrogens with zero attached hydrogens (tertiary/aromatic N) is 4. The van der Waals surface area contributed by atoms with Crippen molar-refractivity contribution in [3.8, 4) is 73.2 Å². The van der Waals surface area contributed by atoms with Gasteiger partial charge in [-0.05, 0) is 58.1 Å². The van der Waals surface area contributed by atoms with Crippen molar-refractivity contribution in [1.82, 2.24) is 19.5 Å². The second-order valence-electron chi connectivity index (χ2n) is 11.3. The maximum Gasteiger partial charge on any atom is 0.164 e. The predicted octanol–water partition coefficient (Wildman–Crippen LogP) is 10.1. The first-order valence-electron chi connectivity index (χ1n) is 15.1. The highest BCUT2D eigenvalue weighted by atomic mass is 15.0. The van der Waals surface area contributed by atoms with E-state index in [9.17, 15) is 0 Å². The van der Waals surface area contributed by atoms with Crippen LogP contribution in [0.2, 0.25) is 0 Å². The van der Waals surface area contributed by atoms with Crippen LogP contribution in [-0.4, -0.2) is 19.5 Å². The van der Waals surface area contributed by atoms with E-state index in [1.807, 2.05) is 60.7 Å². The molecule has 2 heterocycles. The van der Waals surface area contributed by atoms with Crippen molar-refractivity contribution in [3.63, 3.8) is 0 Å². The van der Waals surface area contributed by atoms with E-state index in [-0.39, 0.29) is 0 Å². The Morgan fingerprint density at radius 3 is 1.29 bits per heavy atom. The van der Waals surface area contributed by atoms with E-state index in [0.29, 0.717) is 17.5 Å². The van der Waals surface area contributed by atoms with E-state index in [4.69, 9.17) is 15.0 Å².